The molecule has 3 amide bonds. The molecule has 0 aromatic heterocycles. The Morgan fingerprint density at radius 3 is 2.55 bits per heavy atom. The zero-order valence-electron chi connectivity index (χ0n) is 17.2. The molecule has 1 aromatic carbocycles. The van der Waals surface area contributed by atoms with Crippen molar-refractivity contribution in [1.29, 1.82) is 0 Å². The number of piperidine rings is 1. The first-order valence-corrected chi connectivity index (χ1v) is 10.7. The number of hydrogen-bond donors (Lipinski definition) is 3. The van der Waals surface area contributed by atoms with E-state index in [1.54, 1.807) is 4.90 Å². The van der Waals surface area contributed by atoms with Gasteiger partial charge in [0.1, 0.15) is 6.04 Å². The molecule has 1 aliphatic carbocycles. The van der Waals surface area contributed by atoms with E-state index in [-0.39, 0.29) is 24.1 Å². The Morgan fingerprint density at radius 2 is 1.83 bits per heavy atom. The van der Waals surface area contributed by atoms with Gasteiger partial charge < -0.3 is 15.5 Å². The van der Waals surface area contributed by atoms with Crippen molar-refractivity contribution in [3.05, 3.63) is 29.3 Å². The second-order valence-electron chi connectivity index (χ2n) is 8.74. The standard InChI is InChI=1S/C22H30N4O3/c1-13(2)23-17-5-3-4-6-18(17)24-15-7-8-16-14(11-15)12-26(22(16)29)19-9-10-20(27)25-21(19)28/h7-8,11,13,17-19,23-24H,3-6,9-10,12H2,1-2H3,(H,25,27,28)/t17-,18+,19?/m1/s1. The van der Waals surface area contributed by atoms with Crippen molar-refractivity contribution >= 4 is 23.4 Å². The number of anilines is 1. The summed E-state index contributed by atoms with van der Waals surface area (Å²) in [6, 6.07) is 6.56. The van der Waals surface area contributed by atoms with Crippen LogP contribution in [-0.2, 0) is 16.1 Å². The highest BCUT2D eigenvalue weighted by molar-refractivity contribution is 6.05. The van der Waals surface area contributed by atoms with Crippen LogP contribution in [0, 0.1) is 0 Å². The first-order valence-electron chi connectivity index (χ1n) is 10.7. The lowest BCUT2D eigenvalue weighted by atomic mass is 9.89. The predicted octanol–water partition coefficient (Wildman–Crippen LogP) is 2.17. The summed E-state index contributed by atoms with van der Waals surface area (Å²) in [6.45, 7) is 4.76. The van der Waals surface area contributed by atoms with E-state index in [0.29, 0.717) is 36.7 Å². The van der Waals surface area contributed by atoms with E-state index in [2.05, 4.69) is 29.8 Å². The summed E-state index contributed by atoms with van der Waals surface area (Å²) in [5.74, 6) is -0.762. The molecule has 3 atom stereocenters. The number of carbonyl (C=O) groups excluding carboxylic acids is 3. The molecule has 2 heterocycles. The molecule has 3 aliphatic rings. The molecule has 7 nitrogen and oxygen atoms in total. The van der Waals surface area contributed by atoms with Crippen molar-refractivity contribution in [3.8, 4) is 0 Å². The lowest BCUT2D eigenvalue weighted by Gasteiger charge is -2.35. The molecule has 1 saturated carbocycles. The van der Waals surface area contributed by atoms with Crippen LogP contribution in [0.15, 0.2) is 18.2 Å². The minimum Gasteiger partial charge on any atom is -0.381 e. The zero-order chi connectivity index (χ0) is 20.5. The minimum atomic E-state index is -0.568. The number of amides is 3. The van der Waals surface area contributed by atoms with Gasteiger partial charge in [0.15, 0.2) is 0 Å². The Morgan fingerprint density at radius 1 is 1.07 bits per heavy atom. The highest BCUT2D eigenvalue weighted by atomic mass is 16.2. The van der Waals surface area contributed by atoms with Crippen molar-refractivity contribution in [3.63, 3.8) is 0 Å². The number of imide groups is 1. The van der Waals surface area contributed by atoms with Gasteiger partial charge in [-0.3, -0.25) is 19.7 Å². The van der Waals surface area contributed by atoms with Crippen LogP contribution in [0.3, 0.4) is 0 Å². The van der Waals surface area contributed by atoms with Gasteiger partial charge >= 0.3 is 0 Å². The molecule has 3 N–H and O–H groups in total. The molecule has 0 bridgehead atoms. The number of rotatable bonds is 5. The molecule has 7 heteroatoms. The molecule has 1 aromatic rings. The second kappa shape index (κ2) is 8.14. The van der Waals surface area contributed by atoms with E-state index in [1.165, 1.54) is 19.3 Å². The lowest BCUT2D eigenvalue weighted by Crippen LogP contribution is -2.52. The van der Waals surface area contributed by atoms with Gasteiger partial charge in [-0.1, -0.05) is 26.7 Å². The maximum absolute atomic E-state index is 12.8. The highest BCUT2D eigenvalue weighted by Crippen LogP contribution is 2.30. The van der Waals surface area contributed by atoms with E-state index in [1.807, 2.05) is 18.2 Å². The fraction of sp³-hybridized carbons (Fsp3) is 0.591. The van der Waals surface area contributed by atoms with Crippen LogP contribution in [0.4, 0.5) is 5.69 Å². The van der Waals surface area contributed by atoms with E-state index in [0.717, 1.165) is 17.7 Å². The summed E-state index contributed by atoms with van der Waals surface area (Å²) in [6.07, 6.45) is 5.43. The Hall–Kier alpha value is -2.41. The number of fused-ring (bicyclic) bond motifs is 1. The van der Waals surface area contributed by atoms with E-state index >= 15 is 0 Å². The number of benzene rings is 1. The van der Waals surface area contributed by atoms with Crippen LogP contribution >= 0.6 is 0 Å². The minimum absolute atomic E-state index is 0.127. The van der Waals surface area contributed by atoms with Crippen LogP contribution < -0.4 is 16.0 Å². The summed E-state index contributed by atoms with van der Waals surface area (Å²) >= 11 is 0. The van der Waals surface area contributed by atoms with Gasteiger partial charge in [0.2, 0.25) is 11.8 Å². The molecular formula is C22H30N4O3. The van der Waals surface area contributed by atoms with Crippen molar-refractivity contribution in [1.82, 2.24) is 15.5 Å². The molecule has 2 aliphatic heterocycles. The van der Waals surface area contributed by atoms with Crippen molar-refractivity contribution in [2.24, 2.45) is 0 Å². The van der Waals surface area contributed by atoms with Gasteiger partial charge in [0, 0.05) is 42.3 Å². The summed E-state index contributed by atoms with van der Waals surface area (Å²) < 4.78 is 0. The molecule has 29 heavy (non-hydrogen) atoms. The Bertz CT molecular complexity index is 822. The zero-order valence-corrected chi connectivity index (χ0v) is 17.2. The quantitative estimate of drug-likeness (QED) is 0.662. The summed E-state index contributed by atoms with van der Waals surface area (Å²) in [5.41, 5.74) is 2.61. The topological polar surface area (TPSA) is 90.5 Å². The van der Waals surface area contributed by atoms with Gasteiger partial charge in [-0.2, -0.15) is 0 Å². The van der Waals surface area contributed by atoms with Crippen molar-refractivity contribution in [2.75, 3.05) is 5.32 Å². The summed E-state index contributed by atoms with van der Waals surface area (Å²) in [4.78, 5) is 38.0. The largest absolute Gasteiger partial charge is 0.381 e. The van der Waals surface area contributed by atoms with Crippen molar-refractivity contribution in [2.45, 2.75) is 83.1 Å². The Labute approximate surface area is 171 Å². The average molecular weight is 399 g/mol. The molecule has 1 saturated heterocycles. The van der Waals surface area contributed by atoms with E-state index < -0.39 is 6.04 Å². The Kier molecular flexibility index (Phi) is 5.58. The summed E-state index contributed by atoms with van der Waals surface area (Å²) in [7, 11) is 0. The molecule has 4 rings (SSSR count). The van der Waals surface area contributed by atoms with Crippen molar-refractivity contribution < 1.29 is 14.4 Å². The third-order valence-electron chi connectivity index (χ3n) is 6.19. The third-order valence-corrected chi connectivity index (χ3v) is 6.19. The van der Waals surface area contributed by atoms with Crippen LogP contribution in [0.2, 0.25) is 0 Å². The van der Waals surface area contributed by atoms with E-state index in [9.17, 15) is 14.4 Å². The average Bonchev–Trinajstić information content (AvgIpc) is 2.99. The van der Waals surface area contributed by atoms with Crippen LogP contribution in [-0.4, -0.2) is 46.8 Å². The fourth-order valence-corrected chi connectivity index (χ4v) is 4.81. The monoisotopic (exact) mass is 398 g/mol. The first kappa shape index (κ1) is 19.9. The highest BCUT2D eigenvalue weighted by Gasteiger charge is 2.39. The second-order valence-corrected chi connectivity index (χ2v) is 8.74. The number of hydrogen-bond acceptors (Lipinski definition) is 5. The molecule has 0 radical (unpaired) electrons. The van der Waals surface area contributed by atoms with Gasteiger partial charge in [0.05, 0.1) is 0 Å². The fourth-order valence-electron chi connectivity index (χ4n) is 4.81. The maximum Gasteiger partial charge on any atom is 0.255 e. The van der Waals surface area contributed by atoms with Crippen LogP contribution in [0.5, 0.6) is 0 Å². The summed E-state index contributed by atoms with van der Waals surface area (Å²) in [5, 5.41) is 9.70. The van der Waals surface area contributed by atoms with Gasteiger partial charge in [-0.05, 0) is 43.0 Å². The third kappa shape index (κ3) is 4.15. The molecule has 156 valence electrons. The van der Waals surface area contributed by atoms with E-state index in [4.69, 9.17) is 0 Å². The first-order chi connectivity index (χ1) is 13.9. The number of nitrogens with zero attached hydrogens (tertiary/aromatic N) is 1. The lowest BCUT2D eigenvalue weighted by molar-refractivity contribution is -0.136. The number of nitrogens with one attached hydrogen (secondary N) is 3. The Balaban J connectivity index is 1.47. The molecular weight excluding hydrogens is 368 g/mol. The smallest absolute Gasteiger partial charge is 0.255 e. The SMILES string of the molecule is CC(C)N[C@@H]1CCCC[C@@H]1Nc1ccc2c(c1)CN(C1CCC(=O)NC1=O)C2=O. The molecule has 1 unspecified atom stereocenters. The van der Waals surface area contributed by atoms with Crippen LogP contribution in [0.25, 0.3) is 0 Å². The number of carbonyl (C=O) groups is 3. The molecule has 2 fully saturated rings. The molecule has 0 spiro atoms. The normalized spacial score (nSPS) is 27.2. The van der Waals surface area contributed by atoms with Crippen LogP contribution in [0.1, 0.15) is 68.3 Å². The van der Waals surface area contributed by atoms with Gasteiger partial charge in [-0.25, -0.2) is 0 Å². The van der Waals surface area contributed by atoms with Gasteiger partial charge in [-0.15, -0.1) is 0 Å². The predicted molar refractivity (Wildman–Crippen MR) is 110 cm³/mol. The van der Waals surface area contributed by atoms with Gasteiger partial charge in [0.25, 0.3) is 5.91 Å². The maximum atomic E-state index is 12.8.